The van der Waals surface area contributed by atoms with E-state index in [1.54, 1.807) is 42.9 Å². The molecule has 0 aliphatic rings. The summed E-state index contributed by atoms with van der Waals surface area (Å²) in [6, 6.07) is 6.60. The molecule has 0 radical (unpaired) electrons. The fourth-order valence-electron chi connectivity index (χ4n) is 2.51. The molecular formula is C19H25N5O4. The van der Waals surface area contributed by atoms with Crippen LogP contribution in [0.3, 0.4) is 0 Å². The number of rotatable bonds is 8. The van der Waals surface area contributed by atoms with E-state index in [1.165, 1.54) is 0 Å². The Labute approximate surface area is 163 Å². The van der Waals surface area contributed by atoms with Crippen LogP contribution in [-0.4, -0.2) is 47.2 Å². The van der Waals surface area contributed by atoms with Crippen LogP contribution in [0.15, 0.2) is 24.3 Å². The predicted molar refractivity (Wildman–Crippen MR) is 104 cm³/mol. The first-order chi connectivity index (χ1) is 13.3. The van der Waals surface area contributed by atoms with Gasteiger partial charge in [-0.25, -0.2) is 0 Å². The van der Waals surface area contributed by atoms with Crippen molar-refractivity contribution in [1.29, 1.82) is 0 Å². The van der Waals surface area contributed by atoms with Gasteiger partial charge in [-0.05, 0) is 45.0 Å². The molecule has 0 saturated heterocycles. The Morgan fingerprint density at radius 1 is 1.04 bits per heavy atom. The van der Waals surface area contributed by atoms with Gasteiger partial charge in [0.05, 0.1) is 36.8 Å². The van der Waals surface area contributed by atoms with Crippen molar-refractivity contribution in [2.24, 2.45) is 7.05 Å². The zero-order valence-electron chi connectivity index (χ0n) is 16.5. The lowest BCUT2D eigenvalue weighted by atomic mass is 10.2. The number of hydrogen-bond acceptors (Lipinski definition) is 5. The lowest BCUT2D eigenvalue weighted by Crippen LogP contribution is -2.40. The molecule has 28 heavy (non-hydrogen) atoms. The number of carbonyl (C=O) groups excluding carboxylic acids is 3. The number of hydrogen-bond donors (Lipinski definition) is 3. The van der Waals surface area contributed by atoms with Crippen molar-refractivity contribution in [2.75, 3.05) is 25.0 Å². The van der Waals surface area contributed by atoms with Gasteiger partial charge in [0.2, 0.25) is 11.8 Å². The van der Waals surface area contributed by atoms with Crippen molar-refractivity contribution in [3.8, 4) is 5.75 Å². The second-order valence-electron chi connectivity index (χ2n) is 6.13. The third-order valence-electron chi connectivity index (χ3n) is 4.06. The third-order valence-corrected chi connectivity index (χ3v) is 4.06. The van der Waals surface area contributed by atoms with Crippen molar-refractivity contribution < 1.29 is 19.1 Å². The molecule has 0 atom stereocenters. The minimum Gasteiger partial charge on any atom is -0.494 e. The monoisotopic (exact) mass is 387 g/mol. The summed E-state index contributed by atoms with van der Waals surface area (Å²) in [6.45, 7) is 5.61. The molecule has 0 fully saturated rings. The molecule has 1 heterocycles. The van der Waals surface area contributed by atoms with E-state index < -0.39 is 5.91 Å². The van der Waals surface area contributed by atoms with Crippen LogP contribution < -0.4 is 20.7 Å². The average Bonchev–Trinajstić information content (AvgIpc) is 2.91. The molecule has 1 aromatic carbocycles. The number of carbonyl (C=O) groups is 3. The number of aryl methyl sites for hydroxylation is 2. The first-order valence-corrected chi connectivity index (χ1v) is 8.89. The summed E-state index contributed by atoms with van der Waals surface area (Å²) >= 11 is 0. The summed E-state index contributed by atoms with van der Waals surface area (Å²) in [4.78, 5) is 35.9. The van der Waals surface area contributed by atoms with Gasteiger partial charge in [-0.1, -0.05) is 0 Å². The smallest absolute Gasteiger partial charge is 0.251 e. The zero-order chi connectivity index (χ0) is 20.7. The molecule has 0 saturated carbocycles. The molecule has 1 aromatic heterocycles. The molecule has 2 aromatic rings. The summed E-state index contributed by atoms with van der Waals surface area (Å²) in [6.07, 6.45) is 0. The van der Waals surface area contributed by atoms with E-state index in [0.717, 1.165) is 5.69 Å². The maximum Gasteiger partial charge on any atom is 0.251 e. The Balaban J connectivity index is 1.76. The van der Waals surface area contributed by atoms with E-state index in [4.69, 9.17) is 4.74 Å². The second kappa shape index (κ2) is 9.54. The molecule has 0 aliphatic heterocycles. The molecule has 3 amide bonds. The molecular weight excluding hydrogens is 362 g/mol. The standard InChI is InChI=1S/C19H25N5O4/c1-5-28-15-8-6-14(7-9-15)19(27)21-10-16(25)20-11-17(26)22-18-12(2)23-24(4)13(18)3/h6-9H,5,10-11H2,1-4H3,(H,20,25)(H,21,27)(H,22,26). The Morgan fingerprint density at radius 3 is 2.25 bits per heavy atom. The summed E-state index contributed by atoms with van der Waals surface area (Å²) in [7, 11) is 1.78. The molecule has 150 valence electrons. The van der Waals surface area contributed by atoms with Crippen LogP contribution in [0.5, 0.6) is 5.75 Å². The van der Waals surface area contributed by atoms with Crippen molar-refractivity contribution in [3.63, 3.8) is 0 Å². The number of amides is 3. The van der Waals surface area contributed by atoms with E-state index in [9.17, 15) is 14.4 Å². The minimum atomic E-state index is -0.464. The highest BCUT2D eigenvalue weighted by atomic mass is 16.5. The number of aromatic nitrogens is 2. The van der Waals surface area contributed by atoms with Gasteiger partial charge < -0.3 is 20.7 Å². The topological polar surface area (TPSA) is 114 Å². The van der Waals surface area contributed by atoms with Gasteiger partial charge in [0, 0.05) is 12.6 Å². The molecule has 0 spiro atoms. The SMILES string of the molecule is CCOc1ccc(C(=O)NCC(=O)NCC(=O)Nc2c(C)nn(C)c2C)cc1. The number of ether oxygens (including phenoxy) is 1. The lowest BCUT2D eigenvalue weighted by Gasteiger charge is -2.09. The summed E-state index contributed by atoms with van der Waals surface area (Å²) in [5.41, 5.74) is 2.56. The number of anilines is 1. The maximum atomic E-state index is 12.1. The summed E-state index contributed by atoms with van der Waals surface area (Å²) in [5, 5.41) is 11.9. The van der Waals surface area contributed by atoms with E-state index in [2.05, 4.69) is 21.0 Å². The first-order valence-electron chi connectivity index (χ1n) is 8.89. The van der Waals surface area contributed by atoms with Gasteiger partial charge in [0.15, 0.2) is 0 Å². The first kappa shape index (κ1) is 20.9. The number of nitrogens with zero attached hydrogens (tertiary/aromatic N) is 2. The van der Waals surface area contributed by atoms with Gasteiger partial charge in [0.25, 0.3) is 5.91 Å². The third kappa shape index (κ3) is 5.57. The van der Waals surface area contributed by atoms with Crippen LogP contribution in [0, 0.1) is 13.8 Å². The van der Waals surface area contributed by atoms with E-state index in [-0.39, 0.29) is 24.9 Å². The van der Waals surface area contributed by atoms with Gasteiger partial charge in [-0.15, -0.1) is 0 Å². The average molecular weight is 387 g/mol. The minimum absolute atomic E-state index is 0.203. The maximum absolute atomic E-state index is 12.1. The van der Waals surface area contributed by atoms with Crippen molar-refractivity contribution in [3.05, 3.63) is 41.2 Å². The van der Waals surface area contributed by atoms with Crippen LogP contribution in [0.4, 0.5) is 5.69 Å². The lowest BCUT2D eigenvalue weighted by molar-refractivity contribution is -0.123. The van der Waals surface area contributed by atoms with Gasteiger partial charge in [-0.3, -0.25) is 19.1 Å². The largest absolute Gasteiger partial charge is 0.494 e. The Hall–Kier alpha value is -3.36. The normalized spacial score (nSPS) is 10.3. The fraction of sp³-hybridized carbons (Fsp3) is 0.368. The molecule has 0 unspecified atom stereocenters. The highest BCUT2D eigenvalue weighted by Crippen LogP contribution is 2.17. The van der Waals surface area contributed by atoms with Crippen LogP contribution in [-0.2, 0) is 16.6 Å². The van der Waals surface area contributed by atoms with E-state index in [0.29, 0.717) is 29.3 Å². The van der Waals surface area contributed by atoms with Gasteiger partial charge in [-0.2, -0.15) is 5.10 Å². The van der Waals surface area contributed by atoms with E-state index in [1.807, 2.05) is 13.8 Å². The highest BCUT2D eigenvalue weighted by Gasteiger charge is 2.14. The Kier molecular flexibility index (Phi) is 7.14. The highest BCUT2D eigenvalue weighted by molar-refractivity contribution is 5.98. The summed E-state index contributed by atoms with van der Waals surface area (Å²) < 4.78 is 6.98. The van der Waals surface area contributed by atoms with E-state index >= 15 is 0 Å². The number of nitrogens with one attached hydrogen (secondary N) is 3. The van der Waals surface area contributed by atoms with Crippen LogP contribution in [0.25, 0.3) is 0 Å². The van der Waals surface area contributed by atoms with Crippen LogP contribution in [0.2, 0.25) is 0 Å². The van der Waals surface area contributed by atoms with Crippen molar-refractivity contribution in [1.82, 2.24) is 20.4 Å². The molecule has 2 rings (SSSR count). The summed E-state index contributed by atoms with van der Waals surface area (Å²) in [5.74, 6) is -0.550. The molecule has 3 N–H and O–H groups in total. The van der Waals surface area contributed by atoms with Crippen LogP contribution >= 0.6 is 0 Å². The van der Waals surface area contributed by atoms with Gasteiger partial charge >= 0.3 is 0 Å². The molecule has 0 bridgehead atoms. The molecule has 9 heteroatoms. The predicted octanol–water partition coefficient (Wildman–Crippen LogP) is 0.920. The van der Waals surface area contributed by atoms with Crippen LogP contribution in [0.1, 0.15) is 28.7 Å². The van der Waals surface area contributed by atoms with Crippen molar-refractivity contribution >= 4 is 23.4 Å². The zero-order valence-corrected chi connectivity index (χ0v) is 16.5. The fourth-order valence-corrected chi connectivity index (χ4v) is 2.51. The molecule has 9 nitrogen and oxygen atoms in total. The second-order valence-corrected chi connectivity index (χ2v) is 6.13. The molecule has 0 aliphatic carbocycles. The number of benzene rings is 1. The quantitative estimate of drug-likeness (QED) is 0.623. The Morgan fingerprint density at radius 2 is 1.68 bits per heavy atom. The van der Waals surface area contributed by atoms with Gasteiger partial charge in [0.1, 0.15) is 5.75 Å². The Bertz CT molecular complexity index is 858. The van der Waals surface area contributed by atoms with Crippen molar-refractivity contribution in [2.45, 2.75) is 20.8 Å².